The van der Waals surface area contributed by atoms with Crippen molar-refractivity contribution in [3.8, 4) is 11.1 Å². The van der Waals surface area contributed by atoms with Gasteiger partial charge in [0.15, 0.2) is 0 Å². The fraction of sp³-hybridized carbons (Fsp3) is 0.586. The van der Waals surface area contributed by atoms with Crippen molar-refractivity contribution >= 4 is 5.69 Å². The lowest BCUT2D eigenvalue weighted by Gasteiger charge is -2.46. The Kier molecular flexibility index (Phi) is 3.75. The van der Waals surface area contributed by atoms with Crippen LogP contribution in [0.3, 0.4) is 0 Å². The van der Waals surface area contributed by atoms with Crippen molar-refractivity contribution in [1.29, 1.82) is 0 Å². The van der Waals surface area contributed by atoms with Crippen LogP contribution in [0.15, 0.2) is 36.4 Å². The molecule has 1 N–H and O–H groups in total. The third-order valence-corrected chi connectivity index (χ3v) is 10.5. The quantitative estimate of drug-likeness (QED) is 0.516. The fourth-order valence-electron chi connectivity index (χ4n) is 7.89. The molecule has 1 aliphatic heterocycles. The molecule has 1 nitrogen and oxygen atoms in total. The first-order valence-electron chi connectivity index (χ1n) is 12.3. The van der Waals surface area contributed by atoms with Gasteiger partial charge >= 0.3 is 0 Å². The van der Waals surface area contributed by atoms with Gasteiger partial charge in [-0.15, -0.1) is 0 Å². The lowest BCUT2D eigenvalue weighted by atomic mass is 9.58. The molecule has 6 rings (SSSR count). The summed E-state index contributed by atoms with van der Waals surface area (Å²) in [6.45, 7) is 10.1. The number of benzene rings is 2. The Morgan fingerprint density at radius 1 is 0.667 bits per heavy atom. The summed E-state index contributed by atoms with van der Waals surface area (Å²) < 4.78 is 0. The highest BCUT2D eigenvalue weighted by atomic mass is 15.0. The number of hydrogen-bond acceptors (Lipinski definition) is 1. The van der Waals surface area contributed by atoms with E-state index >= 15 is 0 Å². The molecule has 2 saturated carbocycles. The van der Waals surface area contributed by atoms with Crippen LogP contribution in [-0.4, -0.2) is 5.54 Å². The van der Waals surface area contributed by atoms with Crippen molar-refractivity contribution in [3.63, 3.8) is 0 Å². The van der Waals surface area contributed by atoms with Gasteiger partial charge in [0, 0.05) is 16.6 Å². The molecule has 1 heteroatoms. The van der Waals surface area contributed by atoms with E-state index in [0.29, 0.717) is 10.8 Å². The summed E-state index contributed by atoms with van der Waals surface area (Å²) in [6, 6.07) is 14.7. The van der Waals surface area contributed by atoms with Gasteiger partial charge in [0.25, 0.3) is 0 Å². The Morgan fingerprint density at radius 2 is 1.30 bits per heavy atom. The van der Waals surface area contributed by atoms with Crippen molar-refractivity contribution < 1.29 is 0 Å². The molecule has 0 saturated heterocycles. The largest absolute Gasteiger partial charge is 0.379 e. The van der Waals surface area contributed by atoms with Crippen molar-refractivity contribution in [3.05, 3.63) is 53.1 Å². The van der Waals surface area contributed by atoms with Gasteiger partial charge in [-0.25, -0.2) is 0 Å². The zero-order chi connectivity index (χ0) is 20.8. The molecule has 2 aromatic rings. The van der Waals surface area contributed by atoms with Crippen LogP contribution >= 0.6 is 0 Å². The normalized spacial score (nSPS) is 38.9. The molecule has 158 valence electrons. The van der Waals surface area contributed by atoms with Crippen LogP contribution in [0.5, 0.6) is 0 Å². The van der Waals surface area contributed by atoms with Gasteiger partial charge in [-0.3, -0.25) is 0 Å². The van der Waals surface area contributed by atoms with E-state index in [-0.39, 0.29) is 11.0 Å². The molecule has 0 amide bonds. The number of nitrogens with one attached hydrogen (secondary N) is 1. The topological polar surface area (TPSA) is 12.0 Å². The predicted octanol–water partition coefficient (Wildman–Crippen LogP) is 7.76. The van der Waals surface area contributed by atoms with E-state index in [1.54, 1.807) is 16.7 Å². The van der Waals surface area contributed by atoms with Crippen LogP contribution in [0.4, 0.5) is 5.69 Å². The maximum absolute atomic E-state index is 3.92. The molecular weight excluding hydrogens is 362 g/mol. The van der Waals surface area contributed by atoms with Gasteiger partial charge < -0.3 is 5.32 Å². The fourth-order valence-corrected chi connectivity index (χ4v) is 7.89. The molecule has 2 aromatic carbocycles. The van der Waals surface area contributed by atoms with Gasteiger partial charge in [0.1, 0.15) is 0 Å². The summed E-state index contributed by atoms with van der Waals surface area (Å²) in [4.78, 5) is 0. The first-order chi connectivity index (χ1) is 14.3. The average molecular weight is 400 g/mol. The molecule has 3 aliphatic carbocycles. The van der Waals surface area contributed by atoms with Crippen LogP contribution in [0.25, 0.3) is 11.1 Å². The van der Waals surface area contributed by atoms with E-state index < -0.39 is 0 Å². The lowest BCUT2D eigenvalue weighted by Crippen LogP contribution is -2.50. The minimum absolute atomic E-state index is 0.210. The number of anilines is 1. The molecule has 0 unspecified atom stereocenters. The van der Waals surface area contributed by atoms with Crippen molar-refractivity contribution in [1.82, 2.24) is 0 Å². The predicted molar refractivity (Wildman–Crippen MR) is 127 cm³/mol. The highest BCUT2D eigenvalue weighted by Gasteiger charge is 2.54. The Hall–Kier alpha value is -1.76. The lowest BCUT2D eigenvalue weighted by molar-refractivity contribution is 0.110. The number of hydrogen-bond donors (Lipinski definition) is 1. The zero-order valence-corrected chi connectivity index (χ0v) is 19.3. The smallest absolute Gasteiger partial charge is 0.0440 e. The van der Waals surface area contributed by atoms with E-state index in [1.807, 2.05) is 0 Å². The van der Waals surface area contributed by atoms with Crippen LogP contribution in [0, 0.1) is 5.41 Å². The molecule has 2 fully saturated rings. The minimum atomic E-state index is 0.210. The number of rotatable bonds is 1. The maximum Gasteiger partial charge on any atom is 0.0440 e. The Bertz CT molecular complexity index is 953. The van der Waals surface area contributed by atoms with E-state index in [9.17, 15) is 0 Å². The highest BCUT2D eigenvalue weighted by Crippen LogP contribution is 2.60. The molecule has 4 atom stereocenters. The summed E-state index contributed by atoms with van der Waals surface area (Å²) in [5, 5.41) is 3.92. The molecule has 0 radical (unpaired) electrons. The van der Waals surface area contributed by atoms with Crippen LogP contribution in [-0.2, 0) is 17.3 Å². The molecule has 0 aromatic heterocycles. The standard InChI is InChI=1S/C29H37N/c1-26-13-5-6-14-27(26,2)23-17-20(9-10-22(23)19-26)21-11-12-25-24(18-21)28(3)15-7-8-16-29(28,4)30-25/h9-12,17-18,30H,5-8,13-16,19H2,1-4H3/t26-,27+,28+,29+/m1/s1. The maximum atomic E-state index is 3.92. The summed E-state index contributed by atoms with van der Waals surface area (Å²) >= 11 is 0. The zero-order valence-electron chi connectivity index (χ0n) is 19.3. The Balaban J connectivity index is 1.44. The average Bonchev–Trinajstić information content (AvgIpc) is 3.11. The van der Waals surface area contributed by atoms with E-state index in [1.165, 1.54) is 74.6 Å². The summed E-state index contributed by atoms with van der Waals surface area (Å²) in [6.07, 6.45) is 12.1. The first-order valence-corrected chi connectivity index (χ1v) is 12.3. The van der Waals surface area contributed by atoms with Gasteiger partial charge in [-0.05, 0) is 89.8 Å². The Morgan fingerprint density at radius 3 is 2.10 bits per heavy atom. The number of fused-ring (bicyclic) bond motifs is 6. The third-order valence-electron chi connectivity index (χ3n) is 10.5. The van der Waals surface area contributed by atoms with Crippen molar-refractivity contribution in [2.45, 2.75) is 102 Å². The van der Waals surface area contributed by atoms with Crippen LogP contribution in [0.2, 0.25) is 0 Å². The monoisotopic (exact) mass is 399 g/mol. The first kappa shape index (κ1) is 19.0. The third kappa shape index (κ3) is 2.25. The molecular formula is C29H37N. The summed E-state index contributed by atoms with van der Waals surface area (Å²) in [5.74, 6) is 0. The van der Waals surface area contributed by atoms with Gasteiger partial charge in [0.05, 0.1) is 0 Å². The molecule has 0 spiro atoms. The van der Waals surface area contributed by atoms with E-state index in [2.05, 4.69) is 69.4 Å². The van der Waals surface area contributed by atoms with E-state index in [0.717, 1.165) is 0 Å². The highest BCUT2D eigenvalue weighted by molar-refractivity contribution is 5.74. The summed E-state index contributed by atoms with van der Waals surface area (Å²) in [5.41, 5.74) is 10.3. The summed E-state index contributed by atoms with van der Waals surface area (Å²) in [7, 11) is 0. The molecule has 0 bridgehead atoms. The van der Waals surface area contributed by atoms with Gasteiger partial charge in [-0.1, -0.05) is 70.7 Å². The Labute approximate surface area is 182 Å². The van der Waals surface area contributed by atoms with Crippen LogP contribution in [0.1, 0.15) is 95.8 Å². The van der Waals surface area contributed by atoms with Crippen LogP contribution < -0.4 is 5.32 Å². The molecule has 1 heterocycles. The minimum Gasteiger partial charge on any atom is -0.379 e. The second kappa shape index (κ2) is 5.93. The second-order valence-corrected chi connectivity index (χ2v) is 11.9. The van der Waals surface area contributed by atoms with Gasteiger partial charge in [0.2, 0.25) is 0 Å². The van der Waals surface area contributed by atoms with Crippen molar-refractivity contribution in [2.75, 3.05) is 5.32 Å². The SMILES string of the molecule is C[C@]12CCCC[C@@]1(C)c1cc(-c3ccc4c(c3)[C@]3(C)CCCC[C@]3(C)N4)ccc1C2. The molecule has 4 aliphatic rings. The van der Waals surface area contributed by atoms with Crippen molar-refractivity contribution in [2.24, 2.45) is 5.41 Å². The van der Waals surface area contributed by atoms with E-state index in [4.69, 9.17) is 0 Å². The second-order valence-electron chi connectivity index (χ2n) is 11.9. The van der Waals surface area contributed by atoms with Gasteiger partial charge in [-0.2, -0.15) is 0 Å². The molecule has 30 heavy (non-hydrogen) atoms.